The van der Waals surface area contributed by atoms with Crippen LogP contribution in [0.15, 0.2) is 42.5 Å². The average Bonchev–Trinajstić information content (AvgIpc) is 2.47. The summed E-state index contributed by atoms with van der Waals surface area (Å²) in [5.74, 6) is 5.23. The number of aryl methyl sites for hydroxylation is 2. The molecule has 0 spiro atoms. The van der Waals surface area contributed by atoms with Crippen LogP contribution in [0.5, 0.6) is 0 Å². The number of hydrogen-bond donors (Lipinski definition) is 3. The molecule has 0 aromatic heterocycles. The minimum Gasteiger partial charge on any atom is -0.324 e. The fraction of sp³-hybridized carbons (Fsp3) is 0.188. The Hall–Kier alpha value is -2.33. The molecule has 0 saturated carbocycles. The highest BCUT2D eigenvalue weighted by atomic mass is 16.1. The molecule has 0 aliphatic heterocycles. The van der Waals surface area contributed by atoms with Gasteiger partial charge in [-0.05, 0) is 54.8 Å². The van der Waals surface area contributed by atoms with Crippen molar-refractivity contribution in [2.75, 3.05) is 10.7 Å². The van der Waals surface area contributed by atoms with Crippen molar-refractivity contribution in [3.05, 3.63) is 59.2 Å². The highest BCUT2D eigenvalue weighted by Crippen LogP contribution is 2.17. The van der Waals surface area contributed by atoms with Crippen molar-refractivity contribution in [3.8, 4) is 0 Å². The van der Waals surface area contributed by atoms with Crippen molar-refractivity contribution >= 4 is 17.3 Å². The number of nitrogens with two attached hydrogens (primary N) is 1. The van der Waals surface area contributed by atoms with Crippen LogP contribution < -0.4 is 16.6 Å². The van der Waals surface area contributed by atoms with Gasteiger partial charge in [-0.1, -0.05) is 19.1 Å². The minimum atomic E-state index is -0.115. The third kappa shape index (κ3) is 3.16. The van der Waals surface area contributed by atoms with Crippen LogP contribution in [0.3, 0.4) is 0 Å². The van der Waals surface area contributed by atoms with Crippen LogP contribution in [0.4, 0.5) is 11.4 Å². The molecule has 2 aromatic rings. The highest BCUT2D eigenvalue weighted by molar-refractivity contribution is 6.05. The van der Waals surface area contributed by atoms with E-state index in [0.29, 0.717) is 5.56 Å². The summed E-state index contributed by atoms with van der Waals surface area (Å²) in [4.78, 5) is 12.2. The summed E-state index contributed by atoms with van der Waals surface area (Å²) in [6.45, 7) is 3.99. The molecule has 0 atom stereocenters. The van der Waals surface area contributed by atoms with E-state index >= 15 is 0 Å². The summed E-state index contributed by atoms with van der Waals surface area (Å²) >= 11 is 0. The molecule has 0 unspecified atom stereocenters. The standard InChI is InChI=1S/C16H19N3O/c1-3-12-4-6-13(7-5-12)18-16(20)15-9-8-14(19-17)10-11(15)2/h4-10,19H,3,17H2,1-2H3,(H,18,20). The number of hydrogen-bond acceptors (Lipinski definition) is 3. The maximum atomic E-state index is 12.2. The molecule has 4 nitrogen and oxygen atoms in total. The Balaban J connectivity index is 2.14. The van der Waals surface area contributed by atoms with E-state index in [4.69, 9.17) is 5.84 Å². The maximum absolute atomic E-state index is 12.2. The number of nitrogen functional groups attached to an aromatic ring is 1. The number of carbonyl (C=O) groups excluding carboxylic acids is 1. The second kappa shape index (κ2) is 6.21. The molecule has 2 rings (SSSR count). The molecule has 0 heterocycles. The summed E-state index contributed by atoms with van der Waals surface area (Å²) in [6.07, 6.45) is 0.987. The quantitative estimate of drug-likeness (QED) is 0.590. The van der Waals surface area contributed by atoms with Crippen molar-refractivity contribution < 1.29 is 4.79 Å². The Labute approximate surface area is 119 Å². The van der Waals surface area contributed by atoms with Crippen LogP contribution in [-0.2, 0) is 6.42 Å². The highest BCUT2D eigenvalue weighted by Gasteiger charge is 2.09. The Morgan fingerprint density at radius 1 is 1.10 bits per heavy atom. The SMILES string of the molecule is CCc1ccc(NC(=O)c2ccc(NN)cc2C)cc1. The topological polar surface area (TPSA) is 67.2 Å². The van der Waals surface area contributed by atoms with Crippen LogP contribution in [0, 0.1) is 6.92 Å². The van der Waals surface area contributed by atoms with Crippen molar-refractivity contribution in [1.82, 2.24) is 0 Å². The third-order valence-corrected chi connectivity index (χ3v) is 3.26. The van der Waals surface area contributed by atoms with E-state index in [0.717, 1.165) is 23.4 Å². The first-order valence-electron chi connectivity index (χ1n) is 6.61. The number of amides is 1. The van der Waals surface area contributed by atoms with Gasteiger partial charge in [0, 0.05) is 16.9 Å². The first-order chi connectivity index (χ1) is 9.63. The first kappa shape index (κ1) is 14.1. The number of benzene rings is 2. The van der Waals surface area contributed by atoms with Gasteiger partial charge in [0.25, 0.3) is 5.91 Å². The molecule has 2 aromatic carbocycles. The largest absolute Gasteiger partial charge is 0.324 e. The Morgan fingerprint density at radius 2 is 1.75 bits per heavy atom. The molecular formula is C16H19N3O. The van der Waals surface area contributed by atoms with Gasteiger partial charge in [-0.15, -0.1) is 0 Å². The van der Waals surface area contributed by atoms with Gasteiger partial charge in [0.2, 0.25) is 0 Å². The van der Waals surface area contributed by atoms with Gasteiger partial charge in [-0.25, -0.2) is 0 Å². The Bertz CT molecular complexity index is 606. The van der Waals surface area contributed by atoms with Crippen LogP contribution >= 0.6 is 0 Å². The lowest BCUT2D eigenvalue weighted by molar-refractivity contribution is 0.102. The van der Waals surface area contributed by atoms with Crippen molar-refractivity contribution in [2.45, 2.75) is 20.3 Å². The molecule has 1 amide bonds. The molecule has 0 aliphatic carbocycles. The average molecular weight is 269 g/mol. The molecule has 0 radical (unpaired) electrons. The maximum Gasteiger partial charge on any atom is 0.255 e. The molecule has 4 heteroatoms. The minimum absolute atomic E-state index is 0.115. The van der Waals surface area contributed by atoms with Gasteiger partial charge in [-0.2, -0.15) is 0 Å². The Kier molecular flexibility index (Phi) is 4.38. The van der Waals surface area contributed by atoms with E-state index in [2.05, 4.69) is 17.7 Å². The van der Waals surface area contributed by atoms with Gasteiger partial charge >= 0.3 is 0 Å². The lowest BCUT2D eigenvalue weighted by Gasteiger charge is -2.09. The zero-order chi connectivity index (χ0) is 14.5. The molecule has 20 heavy (non-hydrogen) atoms. The lowest BCUT2D eigenvalue weighted by Crippen LogP contribution is -2.14. The van der Waals surface area contributed by atoms with Crippen molar-refractivity contribution in [1.29, 1.82) is 0 Å². The van der Waals surface area contributed by atoms with E-state index in [9.17, 15) is 4.79 Å². The number of anilines is 2. The summed E-state index contributed by atoms with van der Waals surface area (Å²) < 4.78 is 0. The van der Waals surface area contributed by atoms with Gasteiger partial charge < -0.3 is 10.7 Å². The van der Waals surface area contributed by atoms with E-state index in [1.807, 2.05) is 37.3 Å². The van der Waals surface area contributed by atoms with Crippen molar-refractivity contribution in [2.24, 2.45) is 5.84 Å². The van der Waals surface area contributed by atoms with Gasteiger partial charge in [-0.3, -0.25) is 10.6 Å². The van der Waals surface area contributed by atoms with Gasteiger partial charge in [0.15, 0.2) is 0 Å². The fourth-order valence-electron chi connectivity index (χ4n) is 2.03. The Morgan fingerprint density at radius 3 is 2.30 bits per heavy atom. The fourth-order valence-corrected chi connectivity index (χ4v) is 2.03. The molecular weight excluding hydrogens is 250 g/mol. The smallest absolute Gasteiger partial charge is 0.255 e. The monoisotopic (exact) mass is 269 g/mol. The normalized spacial score (nSPS) is 10.2. The first-order valence-corrected chi connectivity index (χ1v) is 6.61. The summed E-state index contributed by atoms with van der Waals surface area (Å²) in [5, 5.41) is 2.90. The van der Waals surface area contributed by atoms with E-state index in [1.165, 1.54) is 5.56 Å². The third-order valence-electron chi connectivity index (χ3n) is 3.26. The van der Waals surface area contributed by atoms with E-state index in [1.54, 1.807) is 12.1 Å². The summed E-state index contributed by atoms with van der Waals surface area (Å²) in [5.41, 5.74) is 6.91. The molecule has 0 bridgehead atoms. The van der Waals surface area contributed by atoms with Crippen molar-refractivity contribution in [3.63, 3.8) is 0 Å². The predicted molar refractivity (Wildman–Crippen MR) is 82.8 cm³/mol. The summed E-state index contributed by atoms with van der Waals surface area (Å²) in [7, 11) is 0. The van der Waals surface area contributed by atoms with Gasteiger partial charge in [0.05, 0.1) is 0 Å². The van der Waals surface area contributed by atoms with Crippen LogP contribution in [-0.4, -0.2) is 5.91 Å². The molecule has 0 saturated heterocycles. The van der Waals surface area contributed by atoms with Crippen LogP contribution in [0.25, 0.3) is 0 Å². The van der Waals surface area contributed by atoms with Crippen LogP contribution in [0.2, 0.25) is 0 Å². The number of carbonyl (C=O) groups is 1. The number of hydrazine groups is 1. The van der Waals surface area contributed by atoms with E-state index in [-0.39, 0.29) is 5.91 Å². The number of rotatable bonds is 4. The second-order valence-corrected chi connectivity index (χ2v) is 4.68. The second-order valence-electron chi connectivity index (χ2n) is 4.68. The van der Waals surface area contributed by atoms with E-state index < -0.39 is 0 Å². The van der Waals surface area contributed by atoms with Crippen LogP contribution in [0.1, 0.15) is 28.4 Å². The predicted octanol–water partition coefficient (Wildman–Crippen LogP) is 3.10. The molecule has 4 N–H and O–H groups in total. The zero-order valence-electron chi connectivity index (χ0n) is 11.7. The summed E-state index contributed by atoms with van der Waals surface area (Å²) in [6, 6.07) is 13.3. The molecule has 0 aliphatic rings. The number of nitrogens with one attached hydrogen (secondary N) is 2. The van der Waals surface area contributed by atoms with Gasteiger partial charge in [0.1, 0.15) is 0 Å². The zero-order valence-corrected chi connectivity index (χ0v) is 11.7. The molecule has 104 valence electrons. The lowest BCUT2D eigenvalue weighted by atomic mass is 10.1. The molecule has 0 fully saturated rings.